The van der Waals surface area contributed by atoms with Gasteiger partial charge in [0.15, 0.2) is 0 Å². The van der Waals surface area contributed by atoms with E-state index in [1.165, 1.54) is 0 Å². The molecule has 4 nitrogen and oxygen atoms in total. The number of benzene rings is 2. The van der Waals surface area contributed by atoms with Crippen LogP contribution in [0.3, 0.4) is 0 Å². The standard InChI is InChI=1S/C20H18ClNO3/c1-13-11-16(12-23)19(14-5-3-2-4-6-14)20(22(24)25)18(13)15-7-9-17(21)10-8-15/h2-13,18-20H,1H3/t13-,18-,19+,20+/m0/s1. The summed E-state index contributed by atoms with van der Waals surface area (Å²) in [5.41, 5.74) is 2.12. The minimum absolute atomic E-state index is 0.128. The van der Waals surface area contributed by atoms with Crippen LogP contribution in [0.4, 0.5) is 0 Å². The summed E-state index contributed by atoms with van der Waals surface area (Å²) in [7, 11) is 0. The summed E-state index contributed by atoms with van der Waals surface area (Å²) in [4.78, 5) is 23.4. The van der Waals surface area contributed by atoms with Crippen LogP contribution in [0.2, 0.25) is 5.02 Å². The number of rotatable bonds is 4. The van der Waals surface area contributed by atoms with Crippen LogP contribution in [0, 0.1) is 16.0 Å². The summed E-state index contributed by atoms with van der Waals surface area (Å²) in [5, 5.41) is 12.6. The minimum atomic E-state index is -0.913. The van der Waals surface area contributed by atoms with E-state index < -0.39 is 12.0 Å². The molecule has 25 heavy (non-hydrogen) atoms. The van der Waals surface area contributed by atoms with E-state index in [4.69, 9.17) is 11.6 Å². The molecule has 0 saturated carbocycles. The lowest BCUT2D eigenvalue weighted by molar-refractivity contribution is -0.531. The summed E-state index contributed by atoms with van der Waals surface area (Å²) in [6, 6.07) is 15.5. The van der Waals surface area contributed by atoms with E-state index in [-0.39, 0.29) is 16.8 Å². The van der Waals surface area contributed by atoms with Gasteiger partial charge in [0.05, 0.1) is 11.8 Å². The van der Waals surface area contributed by atoms with Gasteiger partial charge in [-0.05, 0) is 29.2 Å². The molecule has 0 N–H and O–H groups in total. The summed E-state index contributed by atoms with van der Waals surface area (Å²) in [5.74, 6) is -1.02. The van der Waals surface area contributed by atoms with Crippen LogP contribution in [0.15, 0.2) is 66.2 Å². The fourth-order valence-corrected chi connectivity index (χ4v) is 3.95. The van der Waals surface area contributed by atoms with Gasteiger partial charge in [-0.15, -0.1) is 0 Å². The van der Waals surface area contributed by atoms with Gasteiger partial charge in [0, 0.05) is 15.5 Å². The summed E-state index contributed by atoms with van der Waals surface area (Å²) in [6.45, 7) is 1.92. The van der Waals surface area contributed by atoms with E-state index in [9.17, 15) is 14.9 Å². The lowest BCUT2D eigenvalue weighted by atomic mass is 9.67. The number of carbonyl (C=O) groups is 1. The molecule has 0 bridgehead atoms. The highest BCUT2D eigenvalue weighted by atomic mass is 35.5. The van der Waals surface area contributed by atoms with E-state index in [2.05, 4.69) is 0 Å². The van der Waals surface area contributed by atoms with Crippen LogP contribution in [0.25, 0.3) is 0 Å². The molecule has 2 aromatic carbocycles. The molecule has 0 saturated heterocycles. The average molecular weight is 356 g/mol. The minimum Gasteiger partial charge on any atom is -0.298 e. The first-order valence-corrected chi connectivity index (χ1v) is 8.51. The fraction of sp³-hybridized carbons (Fsp3) is 0.250. The summed E-state index contributed by atoms with van der Waals surface area (Å²) < 4.78 is 0. The third kappa shape index (κ3) is 3.35. The molecule has 0 aliphatic heterocycles. The van der Waals surface area contributed by atoms with Crippen molar-refractivity contribution >= 4 is 17.9 Å². The highest BCUT2D eigenvalue weighted by Crippen LogP contribution is 2.45. The molecule has 4 atom stereocenters. The Balaban J connectivity index is 2.15. The van der Waals surface area contributed by atoms with Crippen LogP contribution in [-0.4, -0.2) is 17.3 Å². The van der Waals surface area contributed by atoms with Gasteiger partial charge in [-0.1, -0.05) is 67.1 Å². The predicted molar refractivity (Wildman–Crippen MR) is 97.5 cm³/mol. The van der Waals surface area contributed by atoms with E-state index >= 15 is 0 Å². The van der Waals surface area contributed by atoms with Crippen molar-refractivity contribution in [3.05, 3.63) is 92.5 Å². The monoisotopic (exact) mass is 355 g/mol. The third-order valence-corrected chi connectivity index (χ3v) is 5.14. The number of nitrogens with zero attached hydrogens (tertiary/aromatic N) is 1. The van der Waals surface area contributed by atoms with Crippen molar-refractivity contribution in [3.63, 3.8) is 0 Å². The molecule has 0 amide bonds. The van der Waals surface area contributed by atoms with Gasteiger partial charge in [0.1, 0.15) is 6.29 Å². The van der Waals surface area contributed by atoms with Gasteiger partial charge in [0.2, 0.25) is 6.04 Å². The zero-order chi connectivity index (χ0) is 18.0. The molecule has 1 aliphatic carbocycles. The van der Waals surface area contributed by atoms with Crippen LogP contribution >= 0.6 is 11.6 Å². The maximum Gasteiger partial charge on any atom is 0.231 e. The molecule has 0 fully saturated rings. The lowest BCUT2D eigenvalue weighted by Crippen LogP contribution is -2.41. The number of allylic oxidation sites excluding steroid dienone is 1. The number of aldehydes is 1. The molecular weight excluding hydrogens is 338 g/mol. The van der Waals surface area contributed by atoms with Gasteiger partial charge in [-0.25, -0.2) is 0 Å². The zero-order valence-electron chi connectivity index (χ0n) is 13.7. The van der Waals surface area contributed by atoms with Crippen LogP contribution in [-0.2, 0) is 4.79 Å². The number of hydrogen-bond donors (Lipinski definition) is 0. The van der Waals surface area contributed by atoms with Gasteiger partial charge in [-0.3, -0.25) is 14.9 Å². The second-order valence-electron chi connectivity index (χ2n) is 6.39. The Bertz CT molecular complexity index is 801. The maximum absolute atomic E-state index is 12.0. The Morgan fingerprint density at radius 3 is 2.24 bits per heavy atom. The quantitative estimate of drug-likeness (QED) is 0.456. The predicted octanol–water partition coefficient (Wildman–Crippen LogP) is 4.63. The Hall–Kier alpha value is -2.46. The Kier molecular flexibility index (Phi) is 5.00. The van der Waals surface area contributed by atoms with E-state index in [1.807, 2.05) is 55.5 Å². The van der Waals surface area contributed by atoms with Gasteiger partial charge >= 0.3 is 0 Å². The Morgan fingerprint density at radius 1 is 1.04 bits per heavy atom. The van der Waals surface area contributed by atoms with E-state index in [0.29, 0.717) is 10.6 Å². The fourth-order valence-electron chi connectivity index (χ4n) is 3.83. The van der Waals surface area contributed by atoms with Crippen molar-refractivity contribution in [2.75, 3.05) is 0 Å². The summed E-state index contributed by atoms with van der Waals surface area (Å²) in [6.07, 6.45) is 2.62. The molecule has 3 rings (SSSR count). The van der Waals surface area contributed by atoms with Crippen molar-refractivity contribution in [1.82, 2.24) is 0 Å². The SMILES string of the molecule is C[C@H]1C=C(C=O)[C@@H](c2ccccc2)[C@H]([N+](=O)[O-])[C@@H]1c1ccc(Cl)cc1. The molecule has 0 spiro atoms. The molecule has 1 aliphatic rings. The lowest BCUT2D eigenvalue weighted by Gasteiger charge is -2.35. The maximum atomic E-state index is 12.0. The van der Waals surface area contributed by atoms with E-state index in [0.717, 1.165) is 17.4 Å². The average Bonchev–Trinajstić information content (AvgIpc) is 2.62. The third-order valence-electron chi connectivity index (χ3n) is 4.88. The van der Waals surface area contributed by atoms with Crippen molar-refractivity contribution in [3.8, 4) is 0 Å². The molecule has 0 aromatic heterocycles. The molecule has 0 heterocycles. The second kappa shape index (κ2) is 7.19. The van der Waals surface area contributed by atoms with Crippen LogP contribution in [0.5, 0.6) is 0 Å². The van der Waals surface area contributed by atoms with Crippen molar-refractivity contribution in [1.29, 1.82) is 0 Å². The Labute approximate surface area is 151 Å². The van der Waals surface area contributed by atoms with Crippen molar-refractivity contribution in [2.45, 2.75) is 24.8 Å². The van der Waals surface area contributed by atoms with Gasteiger partial charge in [0.25, 0.3) is 0 Å². The van der Waals surface area contributed by atoms with E-state index in [1.54, 1.807) is 12.1 Å². The molecular formula is C20H18ClNO3. The number of carbonyl (C=O) groups excluding carboxylic acids is 1. The van der Waals surface area contributed by atoms with Crippen LogP contribution in [0.1, 0.15) is 29.9 Å². The molecule has 0 radical (unpaired) electrons. The Morgan fingerprint density at radius 2 is 1.68 bits per heavy atom. The van der Waals surface area contributed by atoms with Crippen molar-refractivity contribution in [2.24, 2.45) is 5.92 Å². The molecule has 0 unspecified atom stereocenters. The highest BCUT2D eigenvalue weighted by molar-refractivity contribution is 6.30. The summed E-state index contributed by atoms with van der Waals surface area (Å²) >= 11 is 5.96. The molecule has 5 heteroatoms. The number of halogens is 1. The second-order valence-corrected chi connectivity index (χ2v) is 6.82. The first kappa shape index (κ1) is 17.4. The highest BCUT2D eigenvalue weighted by Gasteiger charge is 2.47. The largest absolute Gasteiger partial charge is 0.298 e. The number of nitro groups is 1. The molecule has 128 valence electrons. The van der Waals surface area contributed by atoms with Gasteiger partial charge < -0.3 is 0 Å². The smallest absolute Gasteiger partial charge is 0.231 e. The molecule has 2 aromatic rings. The topological polar surface area (TPSA) is 60.2 Å². The first-order chi connectivity index (χ1) is 12.0. The zero-order valence-corrected chi connectivity index (χ0v) is 14.5. The first-order valence-electron chi connectivity index (χ1n) is 8.13. The van der Waals surface area contributed by atoms with Gasteiger partial charge in [-0.2, -0.15) is 0 Å². The van der Waals surface area contributed by atoms with Crippen LogP contribution < -0.4 is 0 Å². The number of hydrogen-bond acceptors (Lipinski definition) is 3. The van der Waals surface area contributed by atoms with Crippen molar-refractivity contribution < 1.29 is 9.72 Å². The normalized spacial score (nSPS) is 25.9.